The topological polar surface area (TPSA) is 49.9 Å². The fourth-order valence-electron chi connectivity index (χ4n) is 3.87. The molecule has 3 rings (SSSR count). The standard InChI is InChI=1S/C25H32N2O3/c1-3-30-25(29)23-11-9-21(10-12-23)13-14-26-15-17-27(18-16-26)24(28)20(2)19-22-7-5-4-6-8-22/h4-12,20H,3,13-19H2,1-2H3. The third-order valence-corrected chi connectivity index (χ3v) is 5.67. The molecule has 160 valence electrons. The Hall–Kier alpha value is -2.66. The van der Waals surface area contributed by atoms with Gasteiger partial charge in [-0.05, 0) is 43.0 Å². The first kappa shape index (κ1) is 22.0. The van der Waals surface area contributed by atoms with Crippen LogP contribution in [0.3, 0.4) is 0 Å². The maximum absolute atomic E-state index is 12.8. The number of hydrogen-bond acceptors (Lipinski definition) is 4. The Labute approximate surface area is 179 Å². The van der Waals surface area contributed by atoms with E-state index >= 15 is 0 Å². The number of hydrogen-bond donors (Lipinski definition) is 0. The van der Waals surface area contributed by atoms with Gasteiger partial charge in [-0.2, -0.15) is 0 Å². The molecule has 1 aliphatic rings. The van der Waals surface area contributed by atoms with Gasteiger partial charge in [0.1, 0.15) is 0 Å². The van der Waals surface area contributed by atoms with Gasteiger partial charge in [-0.25, -0.2) is 4.79 Å². The van der Waals surface area contributed by atoms with Gasteiger partial charge in [-0.3, -0.25) is 9.69 Å². The molecule has 0 bridgehead atoms. The number of piperazine rings is 1. The molecule has 2 aromatic carbocycles. The minimum atomic E-state index is -0.272. The highest BCUT2D eigenvalue weighted by Crippen LogP contribution is 2.14. The van der Waals surface area contributed by atoms with Crippen molar-refractivity contribution in [2.75, 3.05) is 39.3 Å². The number of carbonyl (C=O) groups excluding carboxylic acids is 2. The second kappa shape index (κ2) is 10.9. The van der Waals surface area contributed by atoms with E-state index in [2.05, 4.69) is 17.0 Å². The molecule has 1 unspecified atom stereocenters. The van der Waals surface area contributed by atoms with Crippen molar-refractivity contribution in [1.29, 1.82) is 0 Å². The Kier molecular flexibility index (Phi) is 8.03. The van der Waals surface area contributed by atoms with E-state index in [0.717, 1.165) is 45.6 Å². The van der Waals surface area contributed by atoms with Gasteiger partial charge in [0.25, 0.3) is 0 Å². The molecule has 5 heteroatoms. The Balaban J connectivity index is 1.41. The van der Waals surface area contributed by atoms with Crippen LogP contribution in [0, 0.1) is 5.92 Å². The predicted octanol–water partition coefficient (Wildman–Crippen LogP) is 3.43. The minimum absolute atomic E-state index is 0.0110. The smallest absolute Gasteiger partial charge is 0.338 e. The third kappa shape index (κ3) is 6.17. The van der Waals surface area contributed by atoms with E-state index in [-0.39, 0.29) is 17.8 Å². The molecular formula is C25H32N2O3. The molecule has 30 heavy (non-hydrogen) atoms. The van der Waals surface area contributed by atoms with Crippen LogP contribution in [0.15, 0.2) is 54.6 Å². The number of amides is 1. The lowest BCUT2D eigenvalue weighted by molar-refractivity contribution is -0.136. The summed E-state index contributed by atoms with van der Waals surface area (Å²) in [7, 11) is 0. The van der Waals surface area contributed by atoms with Gasteiger partial charge in [-0.1, -0.05) is 49.4 Å². The molecule has 0 aliphatic carbocycles. The summed E-state index contributed by atoms with van der Waals surface area (Å²) in [6, 6.07) is 17.9. The van der Waals surface area contributed by atoms with E-state index in [1.54, 1.807) is 0 Å². The largest absolute Gasteiger partial charge is 0.462 e. The first-order valence-corrected chi connectivity index (χ1v) is 10.9. The van der Waals surface area contributed by atoms with Gasteiger partial charge in [0, 0.05) is 38.6 Å². The quantitative estimate of drug-likeness (QED) is 0.628. The maximum Gasteiger partial charge on any atom is 0.338 e. The average Bonchev–Trinajstić information content (AvgIpc) is 2.78. The van der Waals surface area contributed by atoms with Crippen molar-refractivity contribution in [2.24, 2.45) is 5.92 Å². The Morgan fingerprint density at radius 1 is 0.933 bits per heavy atom. The minimum Gasteiger partial charge on any atom is -0.462 e. The summed E-state index contributed by atoms with van der Waals surface area (Å²) in [5.41, 5.74) is 3.02. The van der Waals surface area contributed by atoms with Crippen LogP contribution in [-0.4, -0.2) is 61.0 Å². The molecule has 1 fully saturated rings. The molecule has 2 aromatic rings. The van der Waals surface area contributed by atoms with Crippen LogP contribution in [-0.2, 0) is 22.4 Å². The molecule has 5 nitrogen and oxygen atoms in total. The van der Waals surface area contributed by atoms with Crippen LogP contribution in [0.4, 0.5) is 0 Å². The van der Waals surface area contributed by atoms with Gasteiger partial charge in [0.2, 0.25) is 5.91 Å². The number of benzene rings is 2. The van der Waals surface area contributed by atoms with E-state index in [4.69, 9.17) is 4.74 Å². The zero-order chi connectivity index (χ0) is 21.3. The molecule has 1 heterocycles. The van der Waals surface area contributed by atoms with Crippen LogP contribution in [0.25, 0.3) is 0 Å². The molecule has 0 saturated carbocycles. The number of esters is 1. The van der Waals surface area contributed by atoms with Crippen molar-refractivity contribution in [2.45, 2.75) is 26.7 Å². The van der Waals surface area contributed by atoms with Crippen LogP contribution in [0.5, 0.6) is 0 Å². The summed E-state index contributed by atoms with van der Waals surface area (Å²) in [6.45, 7) is 8.58. The van der Waals surface area contributed by atoms with E-state index in [1.165, 1.54) is 11.1 Å². The van der Waals surface area contributed by atoms with Crippen LogP contribution in [0.1, 0.15) is 35.3 Å². The lowest BCUT2D eigenvalue weighted by Crippen LogP contribution is -2.50. The number of carbonyl (C=O) groups is 2. The molecule has 0 N–H and O–H groups in total. The molecule has 1 saturated heterocycles. The fourth-order valence-corrected chi connectivity index (χ4v) is 3.87. The van der Waals surface area contributed by atoms with Gasteiger partial charge in [0.15, 0.2) is 0 Å². The fraction of sp³-hybridized carbons (Fsp3) is 0.440. The van der Waals surface area contributed by atoms with Crippen molar-refractivity contribution >= 4 is 11.9 Å². The maximum atomic E-state index is 12.8. The second-order valence-corrected chi connectivity index (χ2v) is 7.93. The molecule has 1 aliphatic heterocycles. The number of nitrogens with zero attached hydrogens (tertiary/aromatic N) is 2. The Morgan fingerprint density at radius 2 is 1.60 bits per heavy atom. The average molecular weight is 409 g/mol. The van der Waals surface area contributed by atoms with Crippen LogP contribution in [0.2, 0.25) is 0 Å². The molecule has 0 aromatic heterocycles. The SMILES string of the molecule is CCOC(=O)c1ccc(CCN2CCN(C(=O)C(C)Cc3ccccc3)CC2)cc1. The Bertz CT molecular complexity index is 812. The van der Waals surface area contributed by atoms with Gasteiger partial charge >= 0.3 is 5.97 Å². The second-order valence-electron chi connectivity index (χ2n) is 7.93. The van der Waals surface area contributed by atoms with Gasteiger partial charge in [0.05, 0.1) is 12.2 Å². The Morgan fingerprint density at radius 3 is 2.23 bits per heavy atom. The highest BCUT2D eigenvalue weighted by atomic mass is 16.5. The summed E-state index contributed by atoms with van der Waals surface area (Å²) < 4.78 is 5.02. The molecular weight excluding hydrogens is 376 g/mol. The monoisotopic (exact) mass is 408 g/mol. The lowest BCUT2D eigenvalue weighted by Gasteiger charge is -2.36. The van der Waals surface area contributed by atoms with Crippen molar-refractivity contribution in [3.05, 3.63) is 71.3 Å². The number of rotatable bonds is 8. The van der Waals surface area contributed by atoms with E-state index in [9.17, 15) is 9.59 Å². The molecule has 0 spiro atoms. The highest BCUT2D eigenvalue weighted by Gasteiger charge is 2.24. The summed E-state index contributed by atoms with van der Waals surface area (Å²) in [5.74, 6) is -0.00347. The summed E-state index contributed by atoms with van der Waals surface area (Å²) in [6.07, 6.45) is 1.73. The van der Waals surface area contributed by atoms with E-state index < -0.39 is 0 Å². The van der Waals surface area contributed by atoms with Crippen molar-refractivity contribution < 1.29 is 14.3 Å². The zero-order valence-electron chi connectivity index (χ0n) is 18.0. The first-order chi connectivity index (χ1) is 14.6. The molecule has 1 atom stereocenters. The lowest BCUT2D eigenvalue weighted by atomic mass is 9.99. The van der Waals surface area contributed by atoms with Crippen LogP contribution >= 0.6 is 0 Å². The van der Waals surface area contributed by atoms with Crippen LogP contribution < -0.4 is 0 Å². The zero-order valence-corrected chi connectivity index (χ0v) is 18.0. The molecule has 1 amide bonds. The van der Waals surface area contributed by atoms with Gasteiger partial charge < -0.3 is 9.64 Å². The first-order valence-electron chi connectivity index (χ1n) is 10.9. The third-order valence-electron chi connectivity index (χ3n) is 5.67. The van der Waals surface area contributed by atoms with Crippen molar-refractivity contribution in [1.82, 2.24) is 9.80 Å². The summed E-state index contributed by atoms with van der Waals surface area (Å²) in [4.78, 5) is 28.9. The molecule has 0 radical (unpaired) electrons. The van der Waals surface area contributed by atoms with Crippen molar-refractivity contribution in [3.63, 3.8) is 0 Å². The highest BCUT2D eigenvalue weighted by molar-refractivity contribution is 5.89. The summed E-state index contributed by atoms with van der Waals surface area (Å²) >= 11 is 0. The van der Waals surface area contributed by atoms with E-state index in [0.29, 0.717) is 12.2 Å². The summed E-state index contributed by atoms with van der Waals surface area (Å²) in [5, 5.41) is 0. The predicted molar refractivity (Wildman–Crippen MR) is 118 cm³/mol. The van der Waals surface area contributed by atoms with E-state index in [1.807, 2.05) is 61.2 Å². The van der Waals surface area contributed by atoms with Gasteiger partial charge in [-0.15, -0.1) is 0 Å². The number of ether oxygens (including phenoxy) is 1. The van der Waals surface area contributed by atoms with Crippen molar-refractivity contribution in [3.8, 4) is 0 Å². The normalized spacial score (nSPS) is 15.6.